The number of hydrogen-bond acceptors (Lipinski definition) is 5. The largest absolute Gasteiger partial charge is 0.419 e. The molecule has 4 rings (SSSR count). The van der Waals surface area contributed by atoms with E-state index in [2.05, 4.69) is 4.98 Å². The fraction of sp³-hybridized carbons (Fsp3) is 0.294. The molecule has 0 unspecified atom stereocenters. The van der Waals surface area contributed by atoms with Crippen LogP contribution in [-0.2, 0) is 23.5 Å². The Hall–Kier alpha value is -2.61. The van der Waals surface area contributed by atoms with Crippen LogP contribution in [0.1, 0.15) is 17.7 Å². The highest BCUT2D eigenvalue weighted by atomic mass is 32.2. The number of pyridine rings is 1. The van der Waals surface area contributed by atoms with Gasteiger partial charge in [0, 0.05) is 25.4 Å². The van der Waals surface area contributed by atoms with Crippen LogP contribution in [0.2, 0.25) is 0 Å². The summed E-state index contributed by atoms with van der Waals surface area (Å²) in [6.45, 7) is 2.22. The van der Waals surface area contributed by atoms with Crippen molar-refractivity contribution in [2.75, 3.05) is 10.8 Å². The van der Waals surface area contributed by atoms with Gasteiger partial charge in [0.25, 0.3) is 10.0 Å². The fourth-order valence-corrected chi connectivity index (χ4v) is 4.64. The van der Waals surface area contributed by atoms with Gasteiger partial charge in [-0.25, -0.2) is 22.5 Å². The predicted octanol–water partition coefficient (Wildman–Crippen LogP) is 1.98. The summed E-state index contributed by atoms with van der Waals surface area (Å²) in [4.78, 5) is 16.2. The molecule has 130 valence electrons. The van der Waals surface area contributed by atoms with Crippen LogP contribution in [0.25, 0.3) is 11.1 Å². The second-order valence-electron chi connectivity index (χ2n) is 6.17. The van der Waals surface area contributed by atoms with Crippen LogP contribution >= 0.6 is 0 Å². The molecule has 3 aromatic rings. The minimum absolute atomic E-state index is 0.0884. The summed E-state index contributed by atoms with van der Waals surface area (Å²) in [5.74, 6) is -0.0361. The first kappa shape index (κ1) is 15.9. The molecule has 3 heterocycles. The van der Waals surface area contributed by atoms with Gasteiger partial charge in [-0.2, -0.15) is 0 Å². The predicted molar refractivity (Wildman–Crippen MR) is 93.3 cm³/mol. The van der Waals surface area contributed by atoms with Crippen molar-refractivity contribution < 1.29 is 12.8 Å². The Morgan fingerprint density at radius 1 is 1.20 bits per heavy atom. The first-order chi connectivity index (χ1) is 11.9. The van der Waals surface area contributed by atoms with E-state index in [1.165, 1.54) is 21.0 Å². The maximum Gasteiger partial charge on any atom is 0.419 e. The molecule has 0 saturated heterocycles. The maximum absolute atomic E-state index is 13.2. The summed E-state index contributed by atoms with van der Waals surface area (Å²) in [5.41, 5.74) is 2.50. The van der Waals surface area contributed by atoms with Crippen LogP contribution in [0.5, 0.6) is 0 Å². The van der Waals surface area contributed by atoms with E-state index in [1.807, 2.05) is 19.1 Å². The number of nitrogens with zero attached hydrogens (tertiary/aromatic N) is 3. The number of aromatic nitrogens is 2. The first-order valence-electron chi connectivity index (χ1n) is 7.97. The summed E-state index contributed by atoms with van der Waals surface area (Å²) in [6.07, 6.45) is 1.54. The highest BCUT2D eigenvalue weighted by Gasteiger charge is 2.31. The molecule has 0 N–H and O–H groups in total. The van der Waals surface area contributed by atoms with E-state index in [-0.39, 0.29) is 10.5 Å². The number of aryl methyl sites for hydroxylation is 3. The number of hydrogen-bond donors (Lipinski definition) is 0. The Morgan fingerprint density at radius 3 is 2.80 bits per heavy atom. The van der Waals surface area contributed by atoms with Gasteiger partial charge in [0.2, 0.25) is 0 Å². The molecule has 7 nitrogen and oxygen atoms in total. The van der Waals surface area contributed by atoms with Gasteiger partial charge < -0.3 is 4.42 Å². The molecule has 0 radical (unpaired) electrons. The van der Waals surface area contributed by atoms with Gasteiger partial charge in [0.1, 0.15) is 5.82 Å². The van der Waals surface area contributed by atoms with Gasteiger partial charge in [-0.3, -0.25) is 4.57 Å². The first-order valence-corrected chi connectivity index (χ1v) is 9.41. The molecule has 0 amide bonds. The number of anilines is 1. The molecule has 1 aliphatic heterocycles. The molecule has 0 spiro atoms. The quantitative estimate of drug-likeness (QED) is 0.698. The third kappa shape index (κ3) is 2.44. The monoisotopic (exact) mass is 359 g/mol. The zero-order valence-electron chi connectivity index (χ0n) is 13.9. The lowest BCUT2D eigenvalue weighted by Gasteiger charge is -2.29. The third-order valence-electron chi connectivity index (χ3n) is 4.49. The molecule has 8 heteroatoms. The van der Waals surface area contributed by atoms with Gasteiger partial charge >= 0.3 is 5.76 Å². The summed E-state index contributed by atoms with van der Waals surface area (Å²) in [7, 11) is -2.21. The van der Waals surface area contributed by atoms with Gasteiger partial charge in [-0.1, -0.05) is 6.07 Å². The zero-order valence-corrected chi connectivity index (χ0v) is 14.7. The van der Waals surface area contributed by atoms with Crippen molar-refractivity contribution in [3.05, 3.63) is 52.1 Å². The van der Waals surface area contributed by atoms with Crippen molar-refractivity contribution in [1.29, 1.82) is 0 Å². The summed E-state index contributed by atoms with van der Waals surface area (Å²) < 4.78 is 34.1. The number of benzene rings is 1. The van der Waals surface area contributed by atoms with Gasteiger partial charge in [-0.05, 0) is 43.5 Å². The number of sulfonamides is 1. The lowest BCUT2D eigenvalue weighted by atomic mass is 10.1. The number of rotatable bonds is 2. The molecule has 1 aromatic carbocycles. The highest BCUT2D eigenvalue weighted by Crippen LogP contribution is 2.31. The summed E-state index contributed by atoms with van der Waals surface area (Å²) in [6, 6.07) is 8.30. The molecule has 0 bridgehead atoms. The van der Waals surface area contributed by atoms with Crippen LogP contribution in [0, 0.1) is 6.92 Å². The molecule has 1 aliphatic rings. The Bertz CT molecular complexity index is 1140. The lowest BCUT2D eigenvalue weighted by Crippen LogP contribution is -2.36. The van der Waals surface area contributed by atoms with Gasteiger partial charge in [0.15, 0.2) is 5.58 Å². The lowest BCUT2D eigenvalue weighted by molar-refractivity contribution is 0.527. The van der Waals surface area contributed by atoms with E-state index in [0.717, 1.165) is 24.1 Å². The third-order valence-corrected chi connectivity index (χ3v) is 6.28. The van der Waals surface area contributed by atoms with Crippen LogP contribution in [0.15, 0.2) is 44.4 Å². The normalized spacial score (nSPS) is 14.7. The molecule has 25 heavy (non-hydrogen) atoms. The second kappa shape index (κ2) is 5.45. The Morgan fingerprint density at radius 2 is 2.00 bits per heavy atom. The van der Waals surface area contributed by atoms with Crippen LogP contribution in [0.3, 0.4) is 0 Å². The van der Waals surface area contributed by atoms with E-state index in [0.29, 0.717) is 17.9 Å². The average Bonchev–Trinajstić information content (AvgIpc) is 2.88. The van der Waals surface area contributed by atoms with Crippen LogP contribution in [-0.4, -0.2) is 24.5 Å². The van der Waals surface area contributed by atoms with E-state index >= 15 is 0 Å². The molecule has 0 fully saturated rings. The average molecular weight is 359 g/mol. The van der Waals surface area contributed by atoms with E-state index in [4.69, 9.17) is 4.42 Å². The van der Waals surface area contributed by atoms with Crippen molar-refractivity contribution in [2.24, 2.45) is 7.05 Å². The topological polar surface area (TPSA) is 85.4 Å². The van der Waals surface area contributed by atoms with Gasteiger partial charge in [0.05, 0.1) is 10.4 Å². The standard InChI is InChI=1S/C17H17N3O4S/c1-11-5-6-12-4-3-9-20(16(12)18-11)25(22,23)13-7-8-14-15(10-13)24-17(21)19(14)2/h5-8,10H,3-4,9H2,1-2H3. The zero-order chi connectivity index (χ0) is 17.8. The molecule has 0 atom stereocenters. The minimum Gasteiger partial charge on any atom is -0.408 e. The van der Waals surface area contributed by atoms with E-state index < -0.39 is 15.8 Å². The molecule has 0 saturated carbocycles. The Kier molecular flexibility index (Phi) is 3.47. The summed E-state index contributed by atoms with van der Waals surface area (Å²) in [5, 5.41) is 0. The smallest absolute Gasteiger partial charge is 0.408 e. The van der Waals surface area contributed by atoms with Crippen LogP contribution < -0.4 is 10.1 Å². The molecule has 2 aromatic heterocycles. The van der Waals surface area contributed by atoms with Crippen LogP contribution in [0.4, 0.5) is 5.82 Å². The minimum atomic E-state index is -3.79. The van der Waals surface area contributed by atoms with Crippen molar-refractivity contribution in [1.82, 2.24) is 9.55 Å². The highest BCUT2D eigenvalue weighted by molar-refractivity contribution is 7.92. The van der Waals surface area contributed by atoms with E-state index in [9.17, 15) is 13.2 Å². The van der Waals surface area contributed by atoms with Crippen molar-refractivity contribution in [3.8, 4) is 0 Å². The number of fused-ring (bicyclic) bond motifs is 2. The summed E-state index contributed by atoms with van der Waals surface area (Å²) >= 11 is 0. The molecular formula is C17H17N3O4S. The SMILES string of the molecule is Cc1ccc2c(n1)N(S(=O)(=O)c1ccc3c(c1)oc(=O)n3C)CCC2. The Balaban J connectivity index is 1.86. The van der Waals surface area contributed by atoms with E-state index in [1.54, 1.807) is 13.1 Å². The molecular weight excluding hydrogens is 342 g/mol. The Labute approximate surface area is 144 Å². The second-order valence-corrected chi connectivity index (χ2v) is 8.03. The number of oxazole rings is 1. The van der Waals surface area contributed by atoms with Crippen molar-refractivity contribution in [2.45, 2.75) is 24.7 Å². The van der Waals surface area contributed by atoms with Crippen molar-refractivity contribution >= 4 is 26.9 Å². The molecule has 0 aliphatic carbocycles. The maximum atomic E-state index is 13.2. The van der Waals surface area contributed by atoms with Gasteiger partial charge in [-0.15, -0.1) is 0 Å². The van der Waals surface area contributed by atoms with Crippen molar-refractivity contribution in [3.63, 3.8) is 0 Å². The fourth-order valence-electron chi connectivity index (χ4n) is 3.14.